The summed E-state index contributed by atoms with van der Waals surface area (Å²) in [6.45, 7) is 6.83. The Balaban J connectivity index is 1.93. The van der Waals surface area contributed by atoms with E-state index in [1.165, 1.54) is 5.56 Å². The number of guanidine groups is 1. The second-order valence-corrected chi connectivity index (χ2v) is 9.46. The number of sulfonamides is 1. The third kappa shape index (κ3) is 8.22. The number of methoxy groups -OCH3 is 1. The van der Waals surface area contributed by atoms with Crippen LogP contribution in [-0.2, 0) is 28.7 Å². The number of aryl methyl sites for hydroxylation is 1. The molecule has 0 aliphatic heterocycles. The lowest BCUT2D eigenvalue weighted by Gasteiger charge is -2.15. The van der Waals surface area contributed by atoms with Crippen molar-refractivity contribution in [3.63, 3.8) is 0 Å². The maximum absolute atomic E-state index is 12.3. The van der Waals surface area contributed by atoms with Gasteiger partial charge < -0.3 is 15.4 Å². The minimum absolute atomic E-state index is 0.0513. The van der Waals surface area contributed by atoms with Gasteiger partial charge in [0.2, 0.25) is 10.0 Å². The van der Waals surface area contributed by atoms with E-state index in [0.717, 1.165) is 28.9 Å². The summed E-state index contributed by atoms with van der Waals surface area (Å²) in [6.07, 6.45) is 0.826. The molecule has 7 nitrogen and oxygen atoms in total. The number of nitrogens with one attached hydrogen (secondary N) is 3. The van der Waals surface area contributed by atoms with Crippen LogP contribution in [0.15, 0.2) is 47.5 Å². The first-order valence-electron chi connectivity index (χ1n) is 10.4. The molecule has 0 aromatic heterocycles. The van der Waals surface area contributed by atoms with Gasteiger partial charge in [0.05, 0.1) is 12.9 Å². The minimum Gasteiger partial charge on any atom is -0.496 e. The molecule has 0 amide bonds. The monoisotopic (exact) mass is 446 g/mol. The van der Waals surface area contributed by atoms with Gasteiger partial charge in [-0.15, -0.1) is 0 Å². The average molecular weight is 447 g/mol. The molecule has 0 aliphatic rings. The van der Waals surface area contributed by atoms with Crippen molar-refractivity contribution < 1.29 is 13.2 Å². The maximum Gasteiger partial charge on any atom is 0.216 e. The predicted octanol–water partition coefficient (Wildman–Crippen LogP) is 2.74. The number of nitrogens with zero attached hydrogens (tertiary/aromatic N) is 1. The summed E-state index contributed by atoms with van der Waals surface area (Å²) in [5.41, 5.74) is 3.98. The molecule has 0 radical (unpaired) electrons. The molecule has 2 aromatic rings. The molecule has 0 aliphatic carbocycles. The van der Waals surface area contributed by atoms with E-state index in [2.05, 4.69) is 38.5 Å². The number of rotatable bonds is 10. The van der Waals surface area contributed by atoms with Crippen LogP contribution in [0, 0.1) is 6.92 Å². The number of benzene rings is 2. The first kappa shape index (κ1) is 24.7. The van der Waals surface area contributed by atoms with Crippen molar-refractivity contribution in [2.75, 3.05) is 20.7 Å². The summed E-state index contributed by atoms with van der Waals surface area (Å²) in [6, 6.07) is 13.6. The minimum atomic E-state index is -3.39. The van der Waals surface area contributed by atoms with Crippen LogP contribution < -0.4 is 20.1 Å². The van der Waals surface area contributed by atoms with Gasteiger partial charge in [0.25, 0.3) is 0 Å². The Morgan fingerprint density at radius 1 is 1.10 bits per heavy atom. The van der Waals surface area contributed by atoms with Gasteiger partial charge in [-0.1, -0.05) is 36.4 Å². The van der Waals surface area contributed by atoms with Gasteiger partial charge in [0.1, 0.15) is 5.75 Å². The second kappa shape index (κ2) is 11.7. The van der Waals surface area contributed by atoms with Crippen molar-refractivity contribution in [2.24, 2.45) is 4.99 Å². The van der Waals surface area contributed by atoms with Gasteiger partial charge in [0.15, 0.2) is 5.96 Å². The lowest BCUT2D eigenvalue weighted by molar-refractivity contribution is 0.411. The average Bonchev–Trinajstić information content (AvgIpc) is 2.71. The zero-order valence-corrected chi connectivity index (χ0v) is 19.8. The molecule has 0 saturated heterocycles. The van der Waals surface area contributed by atoms with Gasteiger partial charge in [0, 0.05) is 26.2 Å². The molecule has 0 atom stereocenters. The van der Waals surface area contributed by atoms with E-state index in [0.29, 0.717) is 19.0 Å². The molecule has 0 bridgehead atoms. The summed E-state index contributed by atoms with van der Waals surface area (Å²) >= 11 is 0. The predicted molar refractivity (Wildman–Crippen MR) is 127 cm³/mol. The van der Waals surface area contributed by atoms with Crippen molar-refractivity contribution in [3.05, 3.63) is 64.7 Å². The van der Waals surface area contributed by atoms with E-state index in [-0.39, 0.29) is 11.8 Å². The van der Waals surface area contributed by atoms with Crippen molar-refractivity contribution in [1.82, 2.24) is 15.4 Å². The molecule has 2 aromatic carbocycles. The standard InChI is InChI=1S/C23H34N4O3S/c1-17(2)27-31(28,29)16-21-9-7-6-8-20(21)15-26-23(24-4)25-13-12-19-11-10-18(3)22(14-19)30-5/h6-11,14,17,27H,12-13,15-16H2,1-5H3,(H2,24,25,26). The lowest BCUT2D eigenvalue weighted by Crippen LogP contribution is -2.38. The van der Waals surface area contributed by atoms with Crippen molar-refractivity contribution >= 4 is 16.0 Å². The van der Waals surface area contributed by atoms with E-state index in [4.69, 9.17) is 4.74 Å². The number of hydrogen-bond donors (Lipinski definition) is 3. The molecular weight excluding hydrogens is 412 g/mol. The SMILES string of the molecule is CN=C(NCCc1ccc(C)c(OC)c1)NCc1ccccc1CS(=O)(=O)NC(C)C. The van der Waals surface area contributed by atoms with E-state index < -0.39 is 10.0 Å². The van der Waals surface area contributed by atoms with Gasteiger partial charge in [-0.2, -0.15) is 0 Å². The molecule has 0 spiro atoms. The lowest BCUT2D eigenvalue weighted by atomic mass is 10.1. The molecule has 0 heterocycles. The van der Waals surface area contributed by atoms with Crippen LogP contribution in [-0.4, -0.2) is 41.1 Å². The van der Waals surface area contributed by atoms with Gasteiger partial charge in [-0.25, -0.2) is 13.1 Å². The molecular formula is C23H34N4O3S. The Bertz CT molecular complexity index is 988. The van der Waals surface area contributed by atoms with Crippen molar-refractivity contribution in [2.45, 2.75) is 45.5 Å². The highest BCUT2D eigenvalue weighted by Gasteiger charge is 2.15. The summed E-state index contributed by atoms with van der Waals surface area (Å²) in [4.78, 5) is 4.26. The summed E-state index contributed by atoms with van der Waals surface area (Å²) in [5.74, 6) is 1.50. The van der Waals surface area contributed by atoms with Crippen LogP contribution in [0.4, 0.5) is 0 Å². The van der Waals surface area contributed by atoms with Gasteiger partial charge >= 0.3 is 0 Å². The van der Waals surface area contributed by atoms with Crippen molar-refractivity contribution in [1.29, 1.82) is 0 Å². The molecule has 2 rings (SSSR count). The Kier molecular flexibility index (Phi) is 9.33. The van der Waals surface area contributed by atoms with Crippen molar-refractivity contribution in [3.8, 4) is 5.75 Å². The van der Waals surface area contributed by atoms with Crippen LogP contribution in [0.5, 0.6) is 5.75 Å². The highest BCUT2D eigenvalue weighted by atomic mass is 32.2. The summed E-state index contributed by atoms with van der Waals surface area (Å²) in [5, 5.41) is 6.57. The zero-order chi connectivity index (χ0) is 22.9. The van der Waals surface area contributed by atoms with Crippen LogP contribution in [0.3, 0.4) is 0 Å². The quantitative estimate of drug-likeness (QED) is 0.386. The highest BCUT2D eigenvalue weighted by Crippen LogP contribution is 2.19. The smallest absolute Gasteiger partial charge is 0.216 e. The first-order chi connectivity index (χ1) is 14.7. The van der Waals surface area contributed by atoms with E-state index >= 15 is 0 Å². The van der Waals surface area contributed by atoms with Crippen LogP contribution in [0.1, 0.15) is 36.1 Å². The largest absolute Gasteiger partial charge is 0.496 e. The number of ether oxygens (including phenoxy) is 1. The Morgan fingerprint density at radius 3 is 2.45 bits per heavy atom. The van der Waals surface area contributed by atoms with E-state index in [1.54, 1.807) is 14.2 Å². The molecule has 31 heavy (non-hydrogen) atoms. The molecule has 0 saturated carbocycles. The van der Waals surface area contributed by atoms with Crippen LogP contribution in [0.2, 0.25) is 0 Å². The van der Waals surface area contributed by atoms with Gasteiger partial charge in [-0.05, 0) is 55.5 Å². The fraction of sp³-hybridized carbons (Fsp3) is 0.435. The van der Waals surface area contributed by atoms with Crippen LogP contribution in [0.25, 0.3) is 0 Å². The Morgan fingerprint density at radius 2 is 1.81 bits per heavy atom. The second-order valence-electron chi connectivity index (χ2n) is 7.71. The van der Waals surface area contributed by atoms with E-state index in [1.807, 2.05) is 45.0 Å². The summed E-state index contributed by atoms with van der Waals surface area (Å²) in [7, 11) is 0.00600. The molecule has 170 valence electrons. The molecule has 0 unspecified atom stereocenters. The molecule has 0 fully saturated rings. The van der Waals surface area contributed by atoms with Gasteiger partial charge in [-0.3, -0.25) is 4.99 Å². The number of hydrogen-bond acceptors (Lipinski definition) is 4. The van der Waals surface area contributed by atoms with Crippen LogP contribution >= 0.6 is 0 Å². The fourth-order valence-electron chi connectivity index (χ4n) is 3.22. The topological polar surface area (TPSA) is 91.8 Å². The third-order valence-corrected chi connectivity index (χ3v) is 6.25. The molecule has 3 N–H and O–H groups in total. The Labute approximate surface area is 186 Å². The molecule has 8 heteroatoms. The first-order valence-corrected chi connectivity index (χ1v) is 12.0. The normalized spacial score (nSPS) is 12.1. The van der Waals surface area contributed by atoms with E-state index in [9.17, 15) is 8.42 Å². The summed E-state index contributed by atoms with van der Waals surface area (Å²) < 4.78 is 32.7. The Hall–Kier alpha value is -2.58. The highest BCUT2D eigenvalue weighted by molar-refractivity contribution is 7.88. The fourth-order valence-corrected chi connectivity index (χ4v) is 4.71. The number of aliphatic imine (C=N–C) groups is 1. The third-order valence-electron chi connectivity index (χ3n) is 4.73. The maximum atomic E-state index is 12.3. The zero-order valence-electron chi connectivity index (χ0n) is 19.0.